The van der Waals surface area contributed by atoms with E-state index in [1.807, 2.05) is 0 Å². The monoisotopic (exact) mass is 286 g/mol. The summed E-state index contributed by atoms with van der Waals surface area (Å²) >= 11 is 0. The second kappa shape index (κ2) is 4.68. The molecule has 0 bridgehead atoms. The van der Waals surface area contributed by atoms with Crippen LogP contribution < -0.4 is 9.47 Å². The molecule has 19 heavy (non-hydrogen) atoms. The Hall–Kier alpha value is -1.27. The maximum Gasteiger partial charge on any atom is 0.161 e. The molecule has 1 aromatic carbocycles. The van der Waals surface area contributed by atoms with Crippen LogP contribution in [0.4, 0.5) is 0 Å². The number of rotatable bonds is 3. The van der Waals surface area contributed by atoms with Crippen LogP contribution in [0.3, 0.4) is 0 Å². The zero-order valence-corrected chi connectivity index (χ0v) is 12.0. The summed E-state index contributed by atoms with van der Waals surface area (Å²) < 4.78 is 33.0. The van der Waals surface area contributed by atoms with Crippen LogP contribution in [0.15, 0.2) is 18.2 Å². The van der Waals surface area contributed by atoms with Crippen molar-refractivity contribution in [1.82, 2.24) is 0 Å². The van der Waals surface area contributed by atoms with E-state index in [2.05, 4.69) is 0 Å². The Balaban J connectivity index is 2.37. The van der Waals surface area contributed by atoms with E-state index in [0.29, 0.717) is 30.3 Å². The molecule has 2 rings (SSSR count). The zero-order valence-electron chi connectivity index (χ0n) is 11.2. The maximum atomic E-state index is 11.7. The lowest BCUT2D eigenvalue weighted by Crippen LogP contribution is -2.37. The van der Waals surface area contributed by atoms with E-state index < -0.39 is 20.7 Å². The quantitative estimate of drug-likeness (QED) is 0.907. The predicted molar refractivity (Wildman–Crippen MR) is 71.3 cm³/mol. The highest BCUT2D eigenvalue weighted by Gasteiger charge is 2.39. The first kappa shape index (κ1) is 14.1. The van der Waals surface area contributed by atoms with Gasteiger partial charge in [-0.25, -0.2) is 8.42 Å². The molecule has 0 spiro atoms. The smallest absolute Gasteiger partial charge is 0.161 e. The minimum absolute atomic E-state index is 0.446. The Morgan fingerprint density at radius 1 is 1.21 bits per heavy atom. The van der Waals surface area contributed by atoms with Crippen LogP contribution in [-0.2, 0) is 9.84 Å². The van der Waals surface area contributed by atoms with E-state index in [-0.39, 0.29) is 0 Å². The van der Waals surface area contributed by atoms with Crippen LogP contribution in [0.5, 0.6) is 11.5 Å². The van der Waals surface area contributed by atoms with Gasteiger partial charge in [0.2, 0.25) is 0 Å². The Labute approximate surface area is 113 Å². The van der Waals surface area contributed by atoms with Crippen molar-refractivity contribution in [2.24, 2.45) is 0 Å². The fraction of sp³-hybridized carbons (Fsp3) is 0.538. The molecule has 1 aliphatic heterocycles. The van der Waals surface area contributed by atoms with Crippen molar-refractivity contribution < 1.29 is 23.0 Å². The molecule has 1 heterocycles. The molecule has 1 atom stereocenters. The molecule has 0 radical (unpaired) electrons. The number of fused-ring (bicyclic) bond motifs is 1. The van der Waals surface area contributed by atoms with Gasteiger partial charge in [-0.1, -0.05) is 6.07 Å². The number of hydrogen-bond acceptors (Lipinski definition) is 5. The molecular weight excluding hydrogens is 268 g/mol. The van der Waals surface area contributed by atoms with Crippen LogP contribution in [0.1, 0.15) is 25.5 Å². The first-order valence-corrected chi connectivity index (χ1v) is 7.90. The highest BCUT2D eigenvalue weighted by atomic mass is 32.2. The number of benzene rings is 1. The molecule has 0 saturated carbocycles. The summed E-state index contributed by atoms with van der Waals surface area (Å²) in [6, 6.07) is 4.97. The molecule has 1 aromatic rings. The number of hydrogen-bond donors (Lipinski definition) is 1. The van der Waals surface area contributed by atoms with Crippen molar-refractivity contribution in [2.75, 3.05) is 19.5 Å². The summed E-state index contributed by atoms with van der Waals surface area (Å²) in [5, 5.41) is 10.3. The first-order chi connectivity index (χ1) is 8.73. The summed E-state index contributed by atoms with van der Waals surface area (Å²) in [4.78, 5) is 0. The van der Waals surface area contributed by atoms with Crippen molar-refractivity contribution in [3.63, 3.8) is 0 Å². The summed E-state index contributed by atoms with van der Waals surface area (Å²) in [6.07, 6.45) is -0.00727. The Bertz CT molecular complexity index is 577. The zero-order chi connectivity index (χ0) is 14.3. The maximum absolute atomic E-state index is 11.7. The topological polar surface area (TPSA) is 72.8 Å². The lowest BCUT2D eigenvalue weighted by molar-refractivity contribution is 0.137. The van der Waals surface area contributed by atoms with Crippen LogP contribution in [0, 0.1) is 0 Å². The minimum Gasteiger partial charge on any atom is -0.486 e. The number of aliphatic hydroxyl groups excluding tert-OH is 1. The van der Waals surface area contributed by atoms with Crippen molar-refractivity contribution >= 4 is 9.84 Å². The summed E-state index contributed by atoms with van der Waals surface area (Å²) in [6.45, 7) is 3.94. The van der Waals surface area contributed by atoms with Crippen molar-refractivity contribution in [1.29, 1.82) is 0 Å². The molecule has 0 amide bonds. The van der Waals surface area contributed by atoms with Gasteiger partial charge in [0.05, 0.1) is 10.9 Å². The SMILES string of the molecule is CC(C)(C(O)c1ccc2c(c1)OCCO2)S(C)(=O)=O. The van der Waals surface area contributed by atoms with Crippen LogP contribution in [0.2, 0.25) is 0 Å². The number of aliphatic hydroxyl groups is 1. The molecule has 0 saturated heterocycles. The van der Waals surface area contributed by atoms with Crippen molar-refractivity contribution in [2.45, 2.75) is 24.7 Å². The Morgan fingerprint density at radius 3 is 2.37 bits per heavy atom. The van der Waals surface area contributed by atoms with Gasteiger partial charge in [0, 0.05) is 6.26 Å². The third-order valence-electron chi connectivity index (χ3n) is 3.50. The second-order valence-electron chi connectivity index (χ2n) is 5.18. The fourth-order valence-corrected chi connectivity index (χ4v) is 2.38. The minimum atomic E-state index is -3.39. The summed E-state index contributed by atoms with van der Waals surface area (Å²) in [5.74, 6) is 1.14. The van der Waals surface area contributed by atoms with Gasteiger partial charge in [-0.2, -0.15) is 0 Å². The Kier molecular flexibility index (Phi) is 3.49. The second-order valence-corrected chi connectivity index (χ2v) is 7.78. The predicted octanol–water partition coefficient (Wildman–Crippen LogP) is 1.31. The molecule has 5 nitrogen and oxygen atoms in total. The number of ether oxygens (including phenoxy) is 2. The van der Waals surface area contributed by atoms with Gasteiger partial charge >= 0.3 is 0 Å². The highest BCUT2D eigenvalue weighted by molar-refractivity contribution is 7.92. The first-order valence-electron chi connectivity index (χ1n) is 6.00. The molecular formula is C13H18O5S. The van der Waals surface area contributed by atoms with Gasteiger partial charge in [0.15, 0.2) is 21.3 Å². The van der Waals surface area contributed by atoms with Crippen molar-refractivity contribution in [3.05, 3.63) is 23.8 Å². The van der Waals surface area contributed by atoms with E-state index >= 15 is 0 Å². The van der Waals surface area contributed by atoms with E-state index in [0.717, 1.165) is 6.26 Å². The lowest BCUT2D eigenvalue weighted by Gasteiger charge is -2.29. The van der Waals surface area contributed by atoms with E-state index in [9.17, 15) is 13.5 Å². The summed E-state index contributed by atoms with van der Waals surface area (Å²) in [5.41, 5.74) is 0.500. The third-order valence-corrected chi connectivity index (χ3v) is 5.63. The van der Waals surface area contributed by atoms with Gasteiger partial charge in [0.25, 0.3) is 0 Å². The standard InChI is InChI=1S/C13H18O5S/c1-13(2,19(3,15)16)12(14)9-4-5-10-11(8-9)18-7-6-17-10/h4-5,8,12,14H,6-7H2,1-3H3. The van der Waals surface area contributed by atoms with Gasteiger partial charge < -0.3 is 14.6 Å². The molecule has 6 heteroatoms. The van der Waals surface area contributed by atoms with Crippen LogP contribution in [-0.4, -0.2) is 37.7 Å². The molecule has 106 valence electrons. The number of sulfone groups is 1. The molecule has 0 aliphatic carbocycles. The molecule has 1 N–H and O–H groups in total. The van der Waals surface area contributed by atoms with E-state index in [1.165, 1.54) is 13.8 Å². The normalized spacial score (nSPS) is 17.1. The molecule has 0 fully saturated rings. The largest absolute Gasteiger partial charge is 0.486 e. The summed E-state index contributed by atoms with van der Waals surface area (Å²) in [7, 11) is -3.39. The van der Waals surface area contributed by atoms with Crippen LogP contribution >= 0.6 is 0 Å². The van der Waals surface area contributed by atoms with Gasteiger partial charge in [-0.05, 0) is 31.5 Å². The highest BCUT2D eigenvalue weighted by Crippen LogP contribution is 2.37. The fourth-order valence-electron chi connectivity index (χ4n) is 1.83. The lowest BCUT2D eigenvalue weighted by atomic mass is 9.98. The van der Waals surface area contributed by atoms with E-state index in [4.69, 9.17) is 9.47 Å². The van der Waals surface area contributed by atoms with Crippen molar-refractivity contribution in [3.8, 4) is 11.5 Å². The van der Waals surface area contributed by atoms with E-state index in [1.54, 1.807) is 18.2 Å². The third kappa shape index (κ3) is 2.55. The average molecular weight is 286 g/mol. The molecule has 0 aromatic heterocycles. The van der Waals surface area contributed by atoms with Gasteiger partial charge in [0.1, 0.15) is 13.2 Å². The average Bonchev–Trinajstić information content (AvgIpc) is 2.36. The van der Waals surface area contributed by atoms with Gasteiger partial charge in [-0.15, -0.1) is 0 Å². The Morgan fingerprint density at radius 2 is 1.79 bits per heavy atom. The van der Waals surface area contributed by atoms with Gasteiger partial charge in [-0.3, -0.25) is 0 Å². The van der Waals surface area contributed by atoms with Crippen LogP contribution in [0.25, 0.3) is 0 Å². The molecule has 1 unspecified atom stereocenters. The molecule has 1 aliphatic rings.